The van der Waals surface area contributed by atoms with Gasteiger partial charge in [0.05, 0.1) is 10.8 Å². The summed E-state index contributed by atoms with van der Waals surface area (Å²) in [7, 11) is 0. The molecule has 0 unspecified atom stereocenters. The van der Waals surface area contributed by atoms with E-state index in [4.69, 9.17) is 4.74 Å². The molecule has 106 valence electrons. The van der Waals surface area contributed by atoms with Crippen LogP contribution in [0.3, 0.4) is 0 Å². The molecule has 0 aromatic carbocycles. The van der Waals surface area contributed by atoms with Crippen molar-refractivity contribution in [2.24, 2.45) is 5.92 Å². The highest BCUT2D eigenvalue weighted by Gasteiger charge is 2.61. The van der Waals surface area contributed by atoms with Crippen LogP contribution in [-0.2, 0) is 14.3 Å². The van der Waals surface area contributed by atoms with E-state index in [2.05, 4.69) is 0 Å². The molecule has 1 amide bonds. The van der Waals surface area contributed by atoms with E-state index in [1.54, 1.807) is 6.92 Å². The fourth-order valence-corrected chi connectivity index (χ4v) is 3.14. The highest BCUT2D eigenvalue weighted by molar-refractivity contribution is 14.1. The molecule has 19 heavy (non-hydrogen) atoms. The SMILES string of the molecule is C[C@H]1[C@@](C)(O)[C@H](N2C=CC(=O)CC2=O)O[C@]1(F)CI. The molecule has 2 rings (SSSR count). The van der Waals surface area contributed by atoms with Gasteiger partial charge in [-0.15, -0.1) is 0 Å². The Bertz CT molecular complexity index is 453. The number of ether oxygens (including phenoxy) is 1. The third kappa shape index (κ3) is 2.31. The van der Waals surface area contributed by atoms with Crippen LogP contribution in [0.1, 0.15) is 20.3 Å². The molecule has 0 spiro atoms. The fourth-order valence-electron chi connectivity index (χ4n) is 2.30. The molecule has 0 saturated carbocycles. The Labute approximate surface area is 123 Å². The van der Waals surface area contributed by atoms with Crippen LogP contribution in [0.5, 0.6) is 0 Å². The Balaban J connectivity index is 2.33. The van der Waals surface area contributed by atoms with Crippen molar-refractivity contribution in [1.82, 2.24) is 4.90 Å². The molecule has 5 nitrogen and oxygen atoms in total. The minimum Gasteiger partial charge on any atom is -0.385 e. The van der Waals surface area contributed by atoms with Gasteiger partial charge in [0.25, 0.3) is 0 Å². The third-order valence-electron chi connectivity index (χ3n) is 3.80. The topological polar surface area (TPSA) is 66.8 Å². The van der Waals surface area contributed by atoms with Crippen LogP contribution in [0.25, 0.3) is 0 Å². The van der Waals surface area contributed by atoms with Crippen LogP contribution in [-0.4, -0.2) is 43.8 Å². The van der Waals surface area contributed by atoms with Crippen molar-refractivity contribution in [1.29, 1.82) is 0 Å². The Morgan fingerprint density at radius 2 is 2.26 bits per heavy atom. The highest BCUT2D eigenvalue weighted by atomic mass is 127. The number of nitrogens with zero attached hydrogens (tertiary/aromatic N) is 1. The zero-order valence-electron chi connectivity index (χ0n) is 10.6. The Hall–Kier alpha value is -0.540. The number of halogens is 2. The summed E-state index contributed by atoms with van der Waals surface area (Å²) in [5.74, 6) is -3.60. The van der Waals surface area contributed by atoms with Crippen LogP contribution in [0.15, 0.2) is 12.3 Å². The number of hydrogen-bond acceptors (Lipinski definition) is 4. The van der Waals surface area contributed by atoms with E-state index in [1.165, 1.54) is 19.2 Å². The molecule has 2 aliphatic rings. The summed E-state index contributed by atoms with van der Waals surface area (Å²) in [5, 5.41) is 10.4. The Kier molecular flexibility index (Phi) is 3.74. The molecule has 4 atom stereocenters. The molecular weight excluding hydrogens is 368 g/mol. The van der Waals surface area contributed by atoms with Gasteiger partial charge in [0.2, 0.25) is 11.8 Å². The van der Waals surface area contributed by atoms with Crippen molar-refractivity contribution in [3.05, 3.63) is 12.3 Å². The predicted molar refractivity (Wildman–Crippen MR) is 73.0 cm³/mol. The number of alkyl halides is 2. The summed E-state index contributed by atoms with van der Waals surface area (Å²) in [6.45, 7) is 2.98. The molecule has 0 aromatic rings. The number of carbonyl (C=O) groups excluding carboxylic acids is 2. The lowest BCUT2D eigenvalue weighted by atomic mass is 9.87. The lowest BCUT2D eigenvalue weighted by molar-refractivity contribution is -0.180. The first-order chi connectivity index (χ1) is 8.72. The summed E-state index contributed by atoms with van der Waals surface area (Å²) in [6.07, 6.45) is 1.07. The van der Waals surface area contributed by atoms with Crippen LogP contribution in [0.4, 0.5) is 4.39 Å². The first-order valence-electron chi connectivity index (χ1n) is 5.89. The van der Waals surface area contributed by atoms with Crippen molar-refractivity contribution in [3.8, 4) is 0 Å². The second-order valence-electron chi connectivity index (χ2n) is 5.10. The van der Waals surface area contributed by atoms with Crippen LogP contribution in [0.2, 0.25) is 0 Å². The maximum atomic E-state index is 14.5. The van der Waals surface area contributed by atoms with Gasteiger partial charge in [-0.25, -0.2) is 4.39 Å². The van der Waals surface area contributed by atoms with Gasteiger partial charge in [-0.2, -0.15) is 0 Å². The van der Waals surface area contributed by atoms with Crippen LogP contribution in [0, 0.1) is 5.92 Å². The van der Waals surface area contributed by atoms with Crippen molar-refractivity contribution in [3.63, 3.8) is 0 Å². The second kappa shape index (κ2) is 4.78. The van der Waals surface area contributed by atoms with Gasteiger partial charge in [0, 0.05) is 12.1 Å². The molecule has 1 saturated heterocycles. The Morgan fingerprint density at radius 3 is 2.74 bits per heavy atom. The van der Waals surface area contributed by atoms with E-state index in [1.807, 2.05) is 22.6 Å². The largest absolute Gasteiger partial charge is 0.385 e. The first-order valence-corrected chi connectivity index (χ1v) is 7.42. The minimum atomic E-state index is -2.00. The fraction of sp³-hybridized carbons (Fsp3) is 0.667. The summed E-state index contributed by atoms with van der Waals surface area (Å²) in [6, 6.07) is 0. The monoisotopic (exact) mass is 383 g/mol. The average molecular weight is 383 g/mol. The van der Waals surface area contributed by atoms with E-state index in [0.717, 1.165) is 4.90 Å². The van der Waals surface area contributed by atoms with Crippen molar-refractivity contribution >= 4 is 34.3 Å². The number of amides is 1. The summed E-state index contributed by atoms with van der Waals surface area (Å²) < 4.78 is 19.9. The predicted octanol–water partition coefficient (Wildman–Crippen LogP) is 1.15. The van der Waals surface area contributed by atoms with Gasteiger partial charge >= 0.3 is 0 Å². The van der Waals surface area contributed by atoms with Crippen molar-refractivity contribution in [2.45, 2.75) is 38.0 Å². The van der Waals surface area contributed by atoms with Gasteiger partial charge in [0.1, 0.15) is 5.60 Å². The average Bonchev–Trinajstić information content (AvgIpc) is 2.51. The molecule has 1 N–H and O–H groups in total. The maximum Gasteiger partial charge on any atom is 0.236 e. The number of rotatable bonds is 2. The normalized spacial score (nSPS) is 43.1. The molecule has 0 aromatic heterocycles. The van der Waals surface area contributed by atoms with Gasteiger partial charge in [-0.05, 0) is 13.0 Å². The minimum absolute atomic E-state index is 0.0449. The summed E-state index contributed by atoms with van der Waals surface area (Å²) in [5.41, 5.74) is -1.53. The smallest absolute Gasteiger partial charge is 0.236 e. The lowest BCUT2D eigenvalue weighted by Gasteiger charge is -2.34. The summed E-state index contributed by atoms with van der Waals surface area (Å²) in [4.78, 5) is 24.1. The molecule has 2 heterocycles. The van der Waals surface area contributed by atoms with Crippen LogP contribution < -0.4 is 0 Å². The van der Waals surface area contributed by atoms with E-state index < -0.39 is 29.5 Å². The second-order valence-corrected chi connectivity index (χ2v) is 5.86. The highest BCUT2D eigenvalue weighted by Crippen LogP contribution is 2.46. The van der Waals surface area contributed by atoms with E-state index in [9.17, 15) is 19.1 Å². The number of hydrogen-bond donors (Lipinski definition) is 1. The van der Waals surface area contributed by atoms with Crippen molar-refractivity contribution < 1.29 is 23.8 Å². The number of allylic oxidation sites excluding steroid dienone is 1. The van der Waals surface area contributed by atoms with Gasteiger partial charge in [0.15, 0.2) is 12.0 Å². The molecule has 0 radical (unpaired) electrons. The van der Waals surface area contributed by atoms with E-state index in [-0.39, 0.29) is 16.6 Å². The third-order valence-corrected chi connectivity index (χ3v) is 4.84. The zero-order valence-corrected chi connectivity index (χ0v) is 12.8. The standard InChI is InChI=1S/C12H15FINO4/c1-7-11(2,18)10(19-12(7,13)6-14)15-4-3-8(16)5-9(15)17/h3-4,7,10,18H,5-6H2,1-2H3/t7-,10+,11+,12+/m0/s1. The van der Waals surface area contributed by atoms with E-state index >= 15 is 0 Å². The molecule has 0 aliphatic carbocycles. The molecule has 0 bridgehead atoms. The van der Waals surface area contributed by atoms with Crippen LogP contribution >= 0.6 is 22.6 Å². The van der Waals surface area contributed by atoms with Gasteiger partial charge in [-0.3, -0.25) is 14.5 Å². The van der Waals surface area contributed by atoms with Crippen molar-refractivity contribution in [2.75, 3.05) is 4.43 Å². The number of ketones is 1. The molecule has 1 fully saturated rings. The first kappa shape index (κ1) is 14.9. The Morgan fingerprint density at radius 1 is 1.63 bits per heavy atom. The maximum absolute atomic E-state index is 14.5. The number of carbonyl (C=O) groups is 2. The molecular formula is C12H15FINO4. The number of aliphatic hydroxyl groups is 1. The quantitative estimate of drug-likeness (QED) is 0.442. The molecule has 7 heteroatoms. The summed E-state index contributed by atoms with van der Waals surface area (Å²) >= 11 is 1.84. The molecule has 2 aliphatic heterocycles. The van der Waals surface area contributed by atoms with Gasteiger partial charge < -0.3 is 9.84 Å². The van der Waals surface area contributed by atoms with Gasteiger partial charge in [-0.1, -0.05) is 29.5 Å². The lowest BCUT2D eigenvalue weighted by Crippen LogP contribution is -2.51. The van der Waals surface area contributed by atoms with E-state index in [0.29, 0.717) is 0 Å². The zero-order chi connectivity index (χ0) is 14.4.